The van der Waals surface area contributed by atoms with Crippen LogP contribution in [-0.2, 0) is 13.1 Å². The van der Waals surface area contributed by atoms with E-state index in [2.05, 4.69) is 48.1 Å². The van der Waals surface area contributed by atoms with Crippen molar-refractivity contribution in [3.63, 3.8) is 0 Å². The molecule has 0 saturated carbocycles. The summed E-state index contributed by atoms with van der Waals surface area (Å²) in [5.74, 6) is 0. The van der Waals surface area contributed by atoms with Crippen molar-refractivity contribution in [3.8, 4) is 11.1 Å². The molecule has 3 aromatic rings. The summed E-state index contributed by atoms with van der Waals surface area (Å²) in [6, 6.07) is 18.3. The zero-order valence-corrected chi connectivity index (χ0v) is 24.2. The SMILES string of the molecule is CC(C)N(C)C1CCN(Cc2cc(-c3ccccc3Cl)c3c(c2)N(c2c(Cl)cccc2Cl)C(=O)NC3)CC1. The predicted octanol–water partition coefficient (Wildman–Crippen LogP) is 7.98. The number of nitrogens with one attached hydrogen (secondary N) is 1. The molecule has 38 heavy (non-hydrogen) atoms. The van der Waals surface area contributed by atoms with Gasteiger partial charge in [-0.05, 0) is 88.3 Å². The molecule has 0 spiro atoms. The molecule has 0 aliphatic carbocycles. The van der Waals surface area contributed by atoms with Crippen LogP contribution >= 0.6 is 34.8 Å². The molecule has 0 aromatic heterocycles. The quantitative estimate of drug-likeness (QED) is 0.326. The minimum absolute atomic E-state index is 0.257. The van der Waals surface area contributed by atoms with Gasteiger partial charge < -0.3 is 10.2 Å². The third-order valence-corrected chi connectivity index (χ3v) is 8.77. The van der Waals surface area contributed by atoms with Gasteiger partial charge in [-0.2, -0.15) is 0 Å². The summed E-state index contributed by atoms with van der Waals surface area (Å²) in [5, 5.41) is 4.51. The van der Waals surface area contributed by atoms with Crippen LogP contribution in [0.5, 0.6) is 0 Å². The molecular formula is C30H33Cl3N4O. The lowest BCUT2D eigenvalue weighted by Gasteiger charge is -2.39. The number of carbonyl (C=O) groups is 1. The van der Waals surface area contributed by atoms with Crippen molar-refractivity contribution in [2.75, 3.05) is 25.0 Å². The van der Waals surface area contributed by atoms with Crippen LogP contribution in [-0.4, -0.2) is 48.1 Å². The van der Waals surface area contributed by atoms with E-state index in [1.165, 1.54) is 0 Å². The number of anilines is 2. The highest BCUT2D eigenvalue weighted by Crippen LogP contribution is 2.44. The summed E-state index contributed by atoms with van der Waals surface area (Å²) in [5.41, 5.74) is 5.31. The van der Waals surface area contributed by atoms with Crippen molar-refractivity contribution in [1.82, 2.24) is 15.1 Å². The molecule has 1 fully saturated rings. The summed E-state index contributed by atoms with van der Waals surface area (Å²) < 4.78 is 0. The molecule has 2 heterocycles. The highest BCUT2D eigenvalue weighted by Gasteiger charge is 2.32. The van der Waals surface area contributed by atoms with Crippen LogP contribution in [0.3, 0.4) is 0 Å². The second-order valence-electron chi connectivity index (χ2n) is 10.5. The number of para-hydroxylation sites is 1. The van der Waals surface area contributed by atoms with Gasteiger partial charge in [-0.3, -0.25) is 9.80 Å². The first-order chi connectivity index (χ1) is 18.2. The first-order valence-electron chi connectivity index (χ1n) is 13.1. The van der Waals surface area contributed by atoms with Gasteiger partial charge in [0.25, 0.3) is 0 Å². The first kappa shape index (κ1) is 27.3. The van der Waals surface area contributed by atoms with Crippen molar-refractivity contribution in [3.05, 3.63) is 80.8 Å². The van der Waals surface area contributed by atoms with Gasteiger partial charge in [0.15, 0.2) is 0 Å². The molecule has 0 bridgehead atoms. The number of nitrogens with zero attached hydrogens (tertiary/aromatic N) is 3. The number of carbonyl (C=O) groups excluding carboxylic acids is 1. The van der Waals surface area contributed by atoms with E-state index < -0.39 is 0 Å². The van der Waals surface area contributed by atoms with Crippen LogP contribution in [0.2, 0.25) is 15.1 Å². The lowest BCUT2D eigenvalue weighted by molar-refractivity contribution is 0.104. The summed E-state index contributed by atoms with van der Waals surface area (Å²) in [4.78, 5) is 19.9. The van der Waals surface area contributed by atoms with Crippen LogP contribution in [0.1, 0.15) is 37.8 Å². The average molecular weight is 572 g/mol. The molecule has 1 N–H and O–H groups in total. The van der Waals surface area contributed by atoms with E-state index >= 15 is 0 Å². The summed E-state index contributed by atoms with van der Waals surface area (Å²) in [7, 11) is 2.23. The number of likely N-dealkylation sites (tertiary alicyclic amines) is 1. The topological polar surface area (TPSA) is 38.8 Å². The second kappa shape index (κ2) is 11.4. The normalized spacial score (nSPS) is 16.7. The molecule has 1 saturated heterocycles. The summed E-state index contributed by atoms with van der Waals surface area (Å²) in [6.45, 7) is 7.74. The molecule has 2 aliphatic heterocycles. The smallest absolute Gasteiger partial charge is 0.326 e. The molecule has 0 radical (unpaired) electrons. The molecule has 0 atom stereocenters. The second-order valence-corrected chi connectivity index (χ2v) is 11.7. The zero-order valence-electron chi connectivity index (χ0n) is 22.0. The number of amides is 2. The van der Waals surface area contributed by atoms with Crippen molar-refractivity contribution in [2.45, 2.75) is 51.9 Å². The van der Waals surface area contributed by atoms with Crippen LogP contribution in [0.15, 0.2) is 54.6 Å². The Morgan fingerprint density at radius 1 is 0.947 bits per heavy atom. The van der Waals surface area contributed by atoms with Gasteiger partial charge in [-0.15, -0.1) is 0 Å². The van der Waals surface area contributed by atoms with Crippen molar-refractivity contribution >= 4 is 52.2 Å². The maximum Gasteiger partial charge on any atom is 0.326 e. The first-order valence-corrected chi connectivity index (χ1v) is 14.2. The Balaban J connectivity index is 1.56. The van der Waals surface area contributed by atoms with Gasteiger partial charge >= 0.3 is 6.03 Å². The monoisotopic (exact) mass is 570 g/mol. The Morgan fingerprint density at radius 2 is 1.61 bits per heavy atom. The lowest BCUT2D eigenvalue weighted by Crippen LogP contribution is -2.45. The third-order valence-electron chi connectivity index (χ3n) is 7.83. The van der Waals surface area contributed by atoms with Crippen LogP contribution in [0.25, 0.3) is 11.1 Å². The summed E-state index contributed by atoms with van der Waals surface area (Å²) in [6.07, 6.45) is 2.28. The number of urea groups is 1. The molecule has 0 unspecified atom stereocenters. The van der Waals surface area contributed by atoms with Gasteiger partial charge in [0.1, 0.15) is 0 Å². The van der Waals surface area contributed by atoms with Crippen molar-refractivity contribution in [1.29, 1.82) is 0 Å². The van der Waals surface area contributed by atoms with Gasteiger partial charge in [0.2, 0.25) is 0 Å². The highest BCUT2D eigenvalue weighted by molar-refractivity contribution is 6.40. The maximum absolute atomic E-state index is 13.3. The molecule has 2 aliphatic rings. The Kier molecular flexibility index (Phi) is 8.22. The van der Waals surface area contributed by atoms with Crippen molar-refractivity contribution < 1.29 is 4.79 Å². The third kappa shape index (κ3) is 5.41. The molecule has 5 nitrogen and oxygen atoms in total. The number of piperidine rings is 1. The predicted molar refractivity (Wildman–Crippen MR) is 159 cm³/mol. The number of rotatable bonds is 6. The standard InChI is InChI=1S/C30H33Cl3N4O/c1-19(2)35(3)21-11-13-36(14-12-21)18-20-15-23(22-7-4-5-8-25(22)31)24-17-34-30(38)37(28(24)16-20)29-26(32)9-6-10-27(29)33/h4-10,15-16,19,21H,11-14,17-18H2,1-3H3,(H,34,38). The van der Waals surface area contributed by atoms with Crippen LogP contribution in [0, 0.1) is 0 Å². The average Bonchev–Trinajstić information content (AvgIpc) is 2.89. The van der Waals surface area contributed by atoms with Gasteiger partial charge in [-0.25, -0.2) is 4.79 Å². The fourth-order valence-corrected chi connectivity index (χ4v) is 6.36. The Hall–Kier alpha value is -2.28. The Morgan fingerprint density at radius 3 is 2.26 bits per heavy atom. The molecular weight excluding hydrogens is 539 g/mol. The van der Waals surface area contributed by atoms with E-state index in [1.807, 2.05) is 24.3 Å². The highest BCUT2D eigenvalue weighted by atomic mass is 35.5. The maximum atomic E-state index is 13.3. The van der Waals surface area contributed by atoms with Gasteiger partial charge in [-0.1, -0.05) is 59.1 Å². The zero-order chi connectivity index (χ0) is 27.0. The Bertz CT molecular complexity index is 1320. The lowest BCUT2D eigenvalue weighted by atomic mass is 9.93. The molecule has 8 heteroatoms. The number of hydrogen-bond acceptors (Lipinski definition) is 3. The number of fused-ring (bicyclic) bond motifs is 1. The van der Waals surface area contributed by atoms with Crippen molar-refractivity contribution in [2.24, 2.45) is 0 Å². The van der Waals surface area contributed by atoms with E-state index in [0.717, 1.165) is 60.4 Å². The number of halogens is 3. The van der Waals surface area contributed by atoms with E-state index in [9.17, 15) is 4.79 Å². The van der Waals surface area contributed by atoms with E-state index in [0.29, 0.717) is 39.4 Å². The minimum atomic E-state index is -0.257. The fourth-order valence-electron chi connectivity index (χ4n) is 5.55. The van der Waals surface area contributed by atoms with Gasteiger partial charge in [0, 0.05) is 41.3 Å². The van der Waals surface area contributed by atoms with E-state index in [4.69, 9.17) is 34.8 Å². The summed E-state index contributed by atoms with van der Waals surface area (Å²) >= 11 is 19.9. The largest absolute Gasteiger partial charge is 0.333 e. The van der Waals surface area contributed by atoms with Gasteiger partial charge in [0.05, 0.1) is 21.4 Å². The molecule has 5 rings (SSSR count). The molecule has 3 aromatic carbocycles. The minimum Gasteiger partial charge on any atom is -0.333 e. The van der Waals surface area contributed by atoms with E-state index in [-0.39, 0.29) is 6.03 Å². The fraction of sp³-hybridized carbons (Fsp3) is 0.367. The Labute approximate surface area is 240 Å². The van der Waals surface area contributed by atoms with E-state index in [1.54, 1.807) is 23.1 Å². The number of benzene rings is 3. The molecule has 2 amide bonds. The molecule has 200 valence electrons. The number of hydrogen-bond donors (Lipinski definition) is 1. The van der Waals surface area contributed by atoms with Crippen LogP contribution in [0.4, 0.5) is 16.2 Å². The van der Waals surface area contributed by atoms with Crippen LogP contribution < -0.4 is 10.2 Å².